The van der Waals surface area contributed by atoms with E-state index in [0.29, 0.717) is 30.8 Å². The van der Waals surface area contributed by atoms with Gasteiger partial charge in [0.2, 0.25) is 0 Å². The van der Waals surface area contributed by atoms with E-state index >= 15 is 0 Å². The Bertz CT molecular complexity index is 722. The van der Waals surface area contributed by atoms with Crippen molar-refractivity contribution in [3.63, 3.8) is 0 Å². The lowest BCUT2D eigenvalue weighted by atomic mass is 9.56. The monoisotopic (exact) mass is 319 g/mol. The van der Waals surface area contributed by atoms with E-state index in [-0.39, 0.29) is 22.9 Å². The number of nitrogens with one attached hydrogen (secondary N) is 1. The van der Waals surface area contributed by atoms with Crippen molar-refractivity contribution in [1.82, 2.24) is 9.97 Å². The minimum absolute atomic E-state index is 0.0406. The van der Waals surface area contributed by atoms with Crippen molar-refractivity contribution in [1.29, 1.82) is 0 Å². The van der Waals surface area contributed by atoms with Gasteiger partial charge in [-0.05, 0) is 19.1 Å². The number of aliphatic hydroxyl groups is 1. The van der Waals surface area contributed by atoms with Gasteiger partial charge in [-0.1, -0.05) is 19.9 Å². The number of aromatic nitrogens is 2. The minimum Gasteiger partial charge on any atom is -0.387 e. The molecule has 0 radical (unpaired) electrons. The van der Waals surface area contributed by atoms with E-state index in [2.05, 4.69) is 15.3 Å². The Labute approximate surface area is 134 Å². The summed E-state index contributed by atoms with van der Waals surface area (Å²) < 4.78 is 19.5. The standard InChI is InChI=1S/C17H22FN3O2/c1-4-23-13-8-17(22,16(13,2)3)9-19-15-11-6-5-7-12(18)14(11)20-10-21-15/h5-7,10,13,22H,4,8-9H2,1-3H3,(H,19,20,21). The normalized spacial score (nSPS) is 26.0. The summed E-state index contributed by atoms with van der Waals surface area (Å²) in [4.78, 5) is 8.16. The molecule has 1 aromatic heterocycles. The maximum atomic E-state index is 13.8. The Balaban J connectivity index is 1.78. The van der Waals surface area contributed by atoms with Gasteiger partial charge < -0.3 is 15.2 Å². The van der Waals surface area contributed by atoms with Gasteiger partial charge in [-0.2, -0.15) is 0 Å². The molecule has 1 aliphatic carbocycles. The van der Waals surface area contributed by atoms with Crippen molar-refractivity contribution in [2.75, 3.05) is 18.5 Å². The van der Waals surface area contributed by atoms with Crippen LogP contribution in [0.25, 0.3) is 10.9 Å². The predicted octanol–water partition coefficient (Wildman–Crippen LogP) is 2.75. The van der Waals surface area contributed by atoms with Gasteiger partial charge in [0.25, 0.3) is 0 Å². The highest BCUT2D eigenvalue weighted by molar-refractivity contribution is 5.89. The molecular formula is C17H22FN3O2. The second-order valence-corrected chi connectivity index (χ2v) is 6.61. The molecule has 2 aromatic rings. The highest BCUT2D eigenvalue weighted by Gasteiger charge is 2.59. The first-order valence-electron chi connectivity index (χ1n) is 7.86. The van der Waals surface area contributed by atoms with Crippen LogP contribution in [0.15, 0.2) is 24.5 Å². The average molecular weight is 319 g/mol. The van der Waals surface area contributed by atoms with Crippen LogP contribution in [0.1, 0.15) is 27.2 Å². The lowest BCUT2D eigenvalue weighted by molar-refractivity contribution is -0.233. The Morgan fingerprint density at radius 1 is 1.39 bits per heavy atom. The van der Waals surface area contributed by atoms with E-state index in [1.54, 1.807) is 12.1 Å². The molecule has 0 saturated heterocycles. The van der Waals surface area contributed by atoms with Crippen molar-refractivity contribution >= 4 is 16.7 Å². The number of fused-ring (bicyclic) bond motifs is 1. The molecule has 0 spiro atoms. The van der Waals surface area contributed by atoms with Crippen LogP contribution in [0.3, 0.4) is 0 Å². The first-order valence-corrected chi connectivity index (χ1v) is 7.86. The summed E-state index contributed by atoms with van der Waals surface area (Å²) in [6.45, 7) is 6.90. The molecule has 5 nitrogen and oxygen atoms in total. The highest BCUT2D eigenvalue weighted by Crippen LogP contribution is 2.51. The van der Waals surface area contributed by atoms with E-state index in [1.807, 2.05) is 20.8 Å². The van der Waals surface area contributed by atoms with Gasteiger partial charge in [0.05, 0.1) is 11.7 Å². The maximum Gasteiger partial charge on any atom is 0.149 e. The Kier molecular flexibility index (Phi) is 3.98. The number of ether oxygens (including phenoxy) is 1. The zero-order valence-electron chi connectivity index (χ0n) is 13.6. The molecule has 1 aromatic carbocycles. The molecule has 0 aliphatic heterocycles. The second kappa shape index (κ2) is 5.69. The van der Waals surface area contributed by atoms with Gasteiger partial charge in [-0.25, -0.2) is 14.4 Å². The van der Waals surface area contributed by atoms with E-state index in [4.69, 9.17) is 4.74 Å². The van der Waals surface area contributed by atoms with E-state index < -0.39 is 5.60 Å². The van der Waals surface area contributed by atoms with Crippen LogP contribution in [-0.4, -0.2) is 39.9 Å². The third-order valence-corrected chi connectivity index (χ3v) is 5.06. The van der Waals surface area contributed by atoms with Crippen molar-refractivity contribution < 1.29 is 14.2 Å². The van der Waals surface area contributed by atoms with Crippen LogP contribution in [0.4, 0.5) is 10.2 Å². The summed E-state index contributed by atoms with van der Waals surface area (Å²) >= 11 is 0. The molecule has 23 heavy (non-hydrogen) atoms. The SMILES string of the molecule is CCOC1CC(O)(CNc2ncnc3c(F)cccc23)C1(C)C. The number of nitrogens with zero attached hydrogens (tertiary/aromatic N) is 2. The van der Waals surface area contributed by atoms with Gasteiger partial charge in [0.15, 0.2) is 0 Å². The van der Waals surface area contributed by atoms with Gasteiger partial charge in [0, 0.05) is 30.4 Å². The molecule has 2 N–H and O–H groups in total. The Hall–Kier alpha value is -1.79. The number of rotatable bonds is 5. The maximum absolute atomic E-state index is 13.8. The molecule has 6 heteroatoms. The van der Waals surface area contributed by atoms with Crippen LogP contribution in [0.5, 0.6) is 0 Å². The van der Waals surface area contributed by atoms with Crippen LogP contribution in [0.2, 0.25) is 0 Å². The zero-order chi connectivity index (χ0) is 16.7. The van der Waals surface area contributed by atoms with Crippen molar-refractivity contribution in [3.8, 4) is 0 Å². The van der Waals surface area contributed by atoms with E-state index in [0.717, 1.165) is 0 Å². The summed E-state index contributed by atoms with van der Waals surface area (Å²) in [5, 5.41) is 14.6. The van der Waals surface area contributed by atoms with E-state index in [1.165, 1.54) is 12.4 Å². The summed E-state index contributed by atoms with van der Waals surface area (Å²) in [5.41, 5.74) is -0.973. The summed E-state index contributed by atoms with van der Waals surface area (Å²) in [6, 6.07) is 4.76. The predicted molar refractivity (Wildman–Crippen MR) is 86.7 cm³/mol. The average Bonchev–Trinajstić information content (AvgIpc) is 2.53. The molecular weight excluding hydrogens is 297 g/mol. The summed E-state index contributed by atoms with van der Waals surface area (Å²) in [6.07, 6.45) is 1.93. The number of hydrogen-bond acceptors (Lipinski definition) is 5. The summed E-state index contributed by atoms with van der Waals surface area (Å²) in [5.74, 6) is 0.144. The first-order chi connectivity index (χ1) is 10.9. The topological polar surface area (TPSA) is 67.3 Å². The Morgan fingerprint density at radius 2 is 2.17 bits per heavy atom. The van der Waals surface area contributed by atoms with Crippen LogP contribution in [0, 0.1) is 11.2 Å². The highest BCUT2D eigenvalue weighted by atomic mass is 19.1. The Morgan fingerprint density at radius 3 is 2.87 bits per heavy atom. The molecule has 1 heterocycles. The third kappa shape index (κ3) is 2.56. The smallest absolute Gasteiger partial charge is 0.149 e. The van der Waals surface area contributed by atoms with Crippen molar-refractivity contribution in [3.05, 3.63) is 30.3 Å². The van der Waals surface area contributed by atoms with Gasteiger partial charge in [-0.15, -0.1) is 0 Å². The lowest BCUT2D eigenvalue weighted by Gasteiger charge is -2.58. The molecule has 124 valence electrons. The van der Waals surface area contributed by atoms with Crippen LogP contribution >= 0.6 is 0 Å². The van der Waals surface area contributed by atoms with Crippen LogP contribution < -0.4 is 5.32 Å². The lowest BCUT2D eigenvalue weighted by Crippen LogP contribution is -2.67. The van der Waals surface area contributed by atoms with Crippen molar-refractivity contribution in [2.45, 2.75) is 38.9 Å². The number of para-hydroxylation sites is 1. The quantitative estimate of drug-likeness (QED) is 0.887. The number of halogens is 1. The van der Waals surface area contributed by atoms with Crippen molar-refractivity contribution in [2.24, 2.45) is 5.41 Å². The molecule has 2 unspecified atom stereocenters. The third-order valence-electron chi connectivity index (χ3n) is 5.06. The second-order valence-electron chi connectivity index (χ2n) is 6.61. The van der Waals surface area contributed by atoms with Gasteiger partial charge in [-0.3, -0.25) is 0 Å². The number of benzene rings is 1. The first kappa shape index (κ1) is 16.1. The van der Waals surface area contributed by atoms with Crippen LogP contribution in [-0.2, 0) is 4.74 Å². The molecule has 1 aliphatic rings. The summed E-state index contributed by atoms with van der Waals surface area (Å²) in [7, 11) is 0. The molecule has 1 saturated carbocycles. The number of hydrogen-bond donors (Lipinski definition) is 2. The molecule has 2 atom stereocenters. The van der Waals surface area contributed by atoms with Gasteiger partial charge >= 0.3 is 0 Å². The molecule has 0 amide bonds. The minimum atomic E-state index is -0.891. The molecule has 1 fully saturated rings. The fraction of sp³-hybridized carbons (Fsp3) is 0.529. The molecule has 3 rings (SSSR count). The fourth-order valence-corrected chi connectivity index (χ4v) is 3.18. The van der Waals surface area contributed by atoms with Gasteiger partial charge in [0.1, 0.15) is 23.5 Å². The zero-order valence-corrected chi connectivity index (χ0v) is 13.6. The van der Waals surface area contributed by atoms with E-state index in [9.17, 15) is 9.50 Å². The largest absolute Gasteiger partial charge is 0.387 e. The fourth-order valence-electron chi connectivity index (χ4n) is 3.18. The number of anilines is 1. The molecule has 0 bridgehead atoms.